The lowest BCUT2D eigenvalue weighted by Gasteiger charge is -2.41. The van der Waals surface area contributed by atoms with E-state index in [1.807, 2.05) is 12.1 Å². The molecule has 1 aliphatic rings. The summed E-state index contributed by atoms with van der Waals surface area (Å²) in [6, 6.07) is 9.96. The highest BCUT2D eigenvalue weighted by atomic mass is 19.4. The number of hydrogen-bond acceptors (Lipinski definition) is 3. The minimum absolute atomic E-state index is 0.0335. The molecule has 1 fully saturated rings. The van der Waals surface area contributed by atoms with Crippen molar-refractivity contribution < 1.29 is 44.7 Å². The molecule has 4 aromatic rings. The Labute approximate surface area is 239 Å². The fourth-order valence-electron chi connectivity index (χ4n) is 5.27. The van der Waals surface area contributed by atoms with Gasteiger partial charge in [-0.05, 0) is 54.4 Å². The number of nitrogens with zero attached hydrogens (tertiary/aromatic N) is 2. The van der Waals surface area contributed by atoms with Crippen molar-refractivity contribution in [3.05, 3.63) is 106 Å². The van der Waals surface area contributed by atoms with E-state index in [-0.39, 0.29) is 44.2 Å². The van der Waals surface area contributed by atoms with Gasteiger partial charge in [-0.25, -0.2) is 8.78 Å². The molecule has 1 saturated heterocycles. The number of piperazine rings is 1. The van der Waals surface area contributed by atoms with Gasteiger partial charge in [0.1, 0.15) is 0 Å². The molecule has 0 radical (unpaired) electrons. The summed E-state index contributed by atoms with van der Waals surface area (Å²) >= 11 is 0. The highest BCUT2D eigenvalue weighted by Gasteiger charge is 2.39. The first-order valence-corrected chi connectivity index (χ1v) is 13.1. The zero-order valence-electron chi connectivity index (χ0n) is 22.2. The van der Waals surface area contributed by atoms with Crippen LogP contribution >= 0.6 is 0 Å². The number of alkyl halides is 6. The molecule has 1 aliphatic heterocycles. The number of amides is 1. The van der Waals surface area contributed by atoms with Gasteiger partial charge in [0.15, 0.2) is 17.4 Å². The molecule has 3 aromatic carbocycles. The largest absolute Gasteiger partial charge is 0.416 e. The van der Waals surface area contributed by atoms with Crippen LogP contribution in [0.3, 0.4) is 0 Å². The van der Waals surface area contributed by atoms with Gasteiger partial charge in [0, 0.05) is 53.9 Å². The Kier molecular flexibility index (Phi) is 8.03. The number of aromatic nitrogens is 1. The maximum Gasteiger partial charge on any atom is 0.416 e. The highest BCUT2D eigenvalue weighted by Crippen LogP contribution is 2.37. The van der Waals surface area contributed by atoms with Gasteiger partial charge in [0.2, 0.25) is 0 Å². The summed E-state index contributed by atoms with van der Waals surface area (Å²) < 4.78 is 108. The smallest absolute Gasteiger partial charge is 0.361 e. The molecule has 0 spiro atoms. The van der Waals surface area contributed by atoms with Crippen LogP contribution in [0, 0.1) is 11.6 Å². The van der Waals surface area contributed by atoms with E-state index in [2.05, 4.69) is 4.98 Å². The molecule has 0 saturated carbocycles. The Hall–Kier alpha value is -4.26. The first kappa shape index (κ1) is 30.2. The Bertz CT molecular complexity index is 1650. The number of benzene rings is 3. The molecule has 0 unspecified atom stereocenters. The lowest BCUT2D eigenvalue weighted by Crippen LogP contribution is -2.56. The van der Waals surface area contributed by atoms with E-state index in [4.69, 9.17) is 0 Å². The molecule has 43 heavy (non-hydrogen) atoms. The summed E-state index contributed by atoms with van der Waals surface area (Å²) in [6.07, 6.45) is -8.39. The van der Waals surface area contributed by atoms with Crippen LogP contribution in [0.2, 0.25) is 0 Å². The minimum atomic E-state index is -5.13. The van der Waals surface area contributed by atoms with Gasteiger partial charge in [-0.1, -0.05) is 18.2 Å². The lowest BCUT2D eigenvalue weighted by atomic mass is 9.98. The van der Waals surface area contributed by atoms with Crippen LogP contribution in [-0.2, 0) is 18.8 Å². The molecule has 1 atom stereocenters. The number of rotatable bonds is 6. The van der Waals surface area contributed by atoms with Crippen molar-refractivity contribution in [3.8, 4) is 0 Å². The van der Waals surface area contributed by atoms with Crippen molar-refractivity contribution >= 4 is 22.6 Å². The van der Waals surface area contributed by atoms with E-state index in [1.165, 1.54) is 4.90 Å². The standard InChI is InChI=1S/C30H23F8N3O2/c31-24-6-5-17(12-25(24)32)27(42)16-40-7-8-41(22(15-40)11-19-14-39-26-4-2-1-3-23(19)26)28(43)18-9-20(29(33,34)35)13-21(10-18)30(36,37)38/h1-6,9-10,12-14,22,39H,7-8,11,15-16H2/t22-/m1/s1. The third-order valence-electron chi connectivity index (χ3n) is 7.40. The summed E-state index contributed by atoms with van der Waals surface area (Å²) in [6.45, 7) is -0.268. The number of hydrogen-bond donors (Lipinski definition) is 1. The van der Waals surface area contributed by atoms with Crippen LogP contribution in [0.1, 0.15) is 37.4 Å². The van der Waals surface area contributed by atoms with Crippen LogP contribution < -0.4 is 0 Å². The average molecular weight is 610 g/mol. The van der Waals surface area contributed by atoms with Gasteiger partial charge in [0.05, 0.1) is 17.7 Å². The fraction of sp³-hybridized carbons (Fsp3) is 0.267. The summed E-state index contributed by atoms with van der Waals surface area (Å²) in [7, 11) is 0. The predicted octanol–water partition coefficient (Wildman–Crippen LogP) is 6.74. The van der Waals surface area contributed by atoms with Gasteiger partial charge < -0.3 is 9.88 Å². The molecular formula is C30H23F8N3O2. The number of carbonyl (C=O) groups is 2. The zero-order valence-corrected chi connectivity index (χ0v) is 22.2. The van der Waals surface area contributed by atoms with E-state index in [0.717, 1.165) is 34.7 Å². The SMILES string of the molecule is O=C(CN1CCN(C(=O)c2cc(C(F)(F)F)cc(C(F)(F)F)c2)[C@H](Cc2c[nH]c3ccccc23)C1)c1ccc(F)c(F)c1. The second-order valence-corrected chi connectivity index (χ2v) is 10.3. The van der Waals surface area contributed by atoms with Crippen LogP contribution in [0.4, 0.5) is 35.1 Å². The van der Waals surface area contributed by atoms with Crippen molar-refractivity contribution in [2.45, 2.75) is 24.8 Å². The molecule has 5 nitrogen and oxygen atoms in total. The van der Waals surface area contributed by atoms with Crippen LogP contribution in [0.25, 0.3) is 10.9 Å². The molecule has 1 N–H and O–H groups in total. The Morgan fingerprint density at radius 1 is 0.814 bits per heavy atom. The van der Waals surface area contributed by atoms with Gasteiger partial charge in [0.25, 0.3) is 5.91 Å². The summed E-state index contributed by atoms with van der Waals surface area (Å²) in [5, 5.41) is 0.809. The second-order valence-electron chi connectivity index (χ2n) is 10.3. The van der Waals surface area contributed by atoms with Gasteiger partial charge in [-0.2, -0.15) is 26.3 Å². The molecular weight excluding hydrogens is 586 g/mol. The quantitative estimate of drug-likeness (QED) is 0.195. The zero-order chi connectivity index (χ0) is 31.1. The first-order valence-electron chi connectivity index (χ1n) is 13.1. The molecule has 0 bridgehead atoms. The normalized spacial score (nSPS) is 16.6. The Morgan fingerprint density at radius 3 is 2.14 bits per heavy atom. The van der Waals surface area contributed by atoms with Crippen molar-refractivity contribution in [3.63, 3.8) is 0 Å². The molecule has 0 aliphatic carbocycles. The number of halogens is 8. The van der Waals surface area contributed by atoms with Crippen LogP contribution in [-0.4, -0.2) is 58.7 Å². The molecule has 13 heteroatoms. The topological polar surface area (TPSA) is 56.4 Å². The van der Waals surface area contributed by atoms with E-state index >= 15 is 0 Å². The molecule has 1 amide bonds. The molecule has 1 aromatic heterocycles. The van der Waals surface area contributed by atoms with E-state index < -0.39 is 58.4 Å². The van der Waals surface area contributed by atoms with Crippen molar-refractivity contribution in [1.29, 1.82) is 0 Å². The highest BCUT2D eigenvalue weighted by molar-refractivity contribution is 5.98. The third kappa shape index (κ3) is 6.56. The van der Waals surface area contributed by atoms with Crippen molar-refractivity contribution in [2.24, 2.45) is 0 Å². The number of aromatic amines is 1. The van der Waals surface area contributed by atoms with Gasteiger partial charge in [-0.15, -0.1) is 0 Å². The maximum absolute atomic E-state index is 13.7. The number of para-hydroxylation sites is 1. The minimum Gasteiger partial charge on any atom is -0.361 e. The summed E-state index contributed by atoms with van der Waals surface area (Å²) in [5.74, 6) is -3.87. The molecule has 5 rings (SSSR count). The monoisotopic (exact) mass is 609 g/mol. The van der Waals surface area contributed by atoms with E-state index in [0.29, 0.717) is 12.1 Å². The van der Waals surface area contributed by atoms with Gasteiger partial charge in [-0.3, -0.25) is 14.5 Å². The summed E-state index contributed by atoms with van der Waals surface area (Å²) in [4.78, 5) is 32.4. The Balaban J connectivity index is 1.46. The van der Waals surface area contributed by atoms with Crippen molar-refractivity contribution in [1.82, 2.24) is 14.8 Å². The van der Waals surface area contributed by atoms with E-state index in [1.54, 1.807) is 23.2 Å². The molecule has 226 valence electrons. The van der Waals surface area contributed by atoms with E-state index in [9.17, 15) is 44.7 Å². The average Bonchev–Trinajstić information content (AvgIpc) is 3.36. The summed E-state index contributed by atoms with van der Waals surface area (Å²) in [5.41, 5.74) is -2.52. The Morgan fingerprint density at radius 2 is 1.49 bits per heavy atom. The van der Waals surface area contributed by atoms with Crippen LogP contribution in [0.15, 0.2) is 66.9 Å². The lowest BCUT2D eigenvalue weighted by molar-refractivity contribution is -0.143. The molecule has 2 heterocycles. The number of carbonyl (C=O) groups excluding carboxylic acids is 2. The second kappa shape index (κ2) is 11.4. The number of H-pyrrole nitrogens is 1. The number of nitrogens with one attached hydrogen (secondary N) is 1. The number of fused-ring (bicyclic) bond motifs is 1. The number of Topliss-reactive ketones (excluding diaryl/α,β-unsaturated/α-hetero) is 1. The number of ketones is 1. The maximum atomic E-state index is 13.7. The van der Waals surface area contributed by atoms with Crippen LogP contribution in [0.5, 0.6) is 0 Å². The van der Waals surface area contributed by atoms with Crippen molar-refractivity contribution in [2.75, 3.05) is 26.2 Å². The predicted molar refractivity (Wildman–Crippen MR) is 140 cm³/mol. The van der Waals surface area contributed by atoms with Gasteiger partial charge >= 0.3 is 12.4 Å². The third-order valence-corrected chi connectivity index (χ3v) is 7.40. The first-order chi connectivity index (χ1) is 20.2. The fourth-order valence-corrected chi connectivity index (χ4v) is 5.27.